The Morgan fingerprint density at radius 1 is 1.59 bits per heavy atom. The van der Waals surface area contributed by atoms with Crippen molar-refractivity contribution < 1.29 is 9.31 Å². The summed E-state index contributed by atoms with van der Waals surface area (Å²) in [6.07, 6.45) is 0.707. The summed E-state index contributed by atoms with van der Waals surface area (Å²) in [5.41, 5.74) is -0.265. The largest absolute Gasteiger partial charge is 0.285 e. The van der Waals surface area contributed by atoms with Gasteiger partial charge in [0.25, 0.3) is 5.69 Å². The smallest absolute Gasteiger partial charge is 0.258 e. The minimum absolute atomic E-state index is 0.104. The van der Waals surface area contributed by atoms with E-state index in [-0.39, 0.29) is 16.0 Å². The fourth-order valence-corrected chi connectivity index (χ4v) is 2.98. The molecule has 0 spiro atoms. The van der Waals surface area contributed by atoms with Gasteiger partial charge in [0.2, 0.25) is 0 Å². The van der Waals surface area contributed by atoms with Gasteiger partial charge in [-0.1, -0.05) is 18.5 Å². The summed E-state index contributed by atoms with van der Waals surface area (Å²) in [6, 6.07) is 2.13. The SMILES string of the molecule is CC(CCCl)Sc1cc(Cl)c(F)cc1[N+](=O)[O-]. The van der Waals surface area contributed by atoms with E-state index in [0.717, 1.165) is 6.07 Å². The van der Waals surface area contributed by atoms with E-state index in [2.05, 4.69) is 0 Å². The third-order valence-corrected chi connectivity index (χ3v) is 3.77. The van der Waals surface area contributed by atoms with Gasteiger partial charge in [-0.05, 0) is 12.5 Å². The molecule has 0 aliphatic heterocycles. The van der Waals surface area contributed by atoms with Crippen molar-refractivity contribution in [2.24, 2.45) is 0 Å². The predicted molar refractivity (Wildman–Crippen MR) is 68.7 cm³/mol. The van der Waals surface area contributed by atoms with E-state index in [1.165, 1.54) is 17.8 Å². The molecule has 0 N–H and O–H groups in total. The van der Waals surface area contributed by atoms with Gasteiger partial charge in [0, 0.05) is 11.1 Å². The summed E-state index contributed by atoms with van der Waals surface area (Å²) in [7, 11) is 0. The van der Waals surface area contributed by atoms with Crippen LogP contribution < -0.4 is 0 Å². The molecular weight excluding hydrogens is 288 g/mol. The third kappa shape index (κ3) is 4.01. The Labute approximate surface area is 112 Å². The quantitative estimate of drug-likeness (QED) is 0.348. The van der Waals surface area contributed by atoms with Gasteiger partial charge in [0.1, 0.15) is 5.82 Å². The molecule has 3 nitrogen and oxygen atoms in total. The second-order valence-corrected chi connectivity index (χ2v) is 5.66. The van der Waals surface area contributed by atoms with Crippen molar-refractivity contribution in [1.29, 1.82) is 0 Å². The zero-order valence-electron chi connectivity index (χ0n) is 8.95. The van der Waals surface area contributed by atoms with Crippen LogP contribution in [0, 0.1) is 15.9 Å². The zero-order valence-corrected chi connectivity index (χ0v) is 11.3. The van der Waals surface area contributed by atoms with Crippen LogP contribution in [-0.2, 0) is 0 Å². The highest BCUT2D eigenvalue weighted by Gasteiger charge is 2.19. The number of benzene rings is 1. The zero-order chi connectivity index (χ0) is 13.0. The van der Waals surface area contributed by atoms with Crippen molar-refractivity contribution in [2.45, 2.75) is 23.5 Å². The van der Waals surface area contributed by atoms with Crippen LogP contribution >= 0.6 is 35.0 Å². The van der Waals surface area contributed by atoms with Crippen LogP contribution in [0.1, 0.15) is 13.3 Å². The second-order valence-electron chi connectivity index (χ2n) is 3.40. The number of nitro benzene ring substituents is 1. The van der Waals surface area contributed by atoms with Crippen molar-refractivity contribution in [3.8, 4) is 0 Å². The molecule has 94 valence electrons. The summed E-state index contributed by atoms with van der Waals surface area (Å²) < 4.78 is 13.1. The molecule has 0 radical (unpaired) electrons. The maximum Gasteiger partial charge on any atom is 0.285 e. The highest BCUT2D eigenvalue weighted by molar-refractivity contribution is 8.00. The van der Waals surface area contributed by atoms with Crippen molar-refractivity contribution >= 4 is 40.7 Å². The standard InChI is InChI=1S/C10H10Cl2FNO2S/c1-6(2-3-11)17-10-4-7(12)8(13)5-9(10)14(15)16/h4-6H,2-3H2,1H3. The Hall–Kier alpha value is -0.520. The maximum atomic E-state index is 13.1. The van der Waals surface area contributed by atoms with Gasteiger partial charge in [-0.3, -0.25) is 10.1 Å². The topological polar surface area (TPSA) is 43.1 Å². The fraction of sp³-hybridized carbons (Fsp3) is 0.400. The lowest BCUT2D eigenvalue weighted by Crippen LogP contribution is -1.99. The van der Waals surface area contributed by atoms with E-state index < -0.39 is 10.7 Å². The molecular formula is C10H10Cl2FNO2S. The molecule has 0 saturated heterocycles. The predicted octanol–water partition coefficient (Wildman–Crippen LogP) is 4.50. The molecule has 1 atom stereocenters. The minimum atomic E-state index is -0.785. The number of hydrogen-bond acceptors (Lipinski definition) is 3. The molecule has 1 aromatic rings. The normalized spacial score (nSPS) is 12.5. The van der Waals surface area contributed by atoms with Gasteiger partial charge in [-0.2, -0.15) is 0 Å². The molecule has 0 saturated carbocycles. The fourth-order valence-electron chi connectivity index (χ4n) is 1.18. The summed E-state index contributed by atoms with van der Waals surface area (Å²) in [4.78, 5) is 10.5. The highest BCUT2D eigenvalue weighted by Crippen LogP contribution is 2.36. The molecule has 0 aliphatic carbocycles. The summed E-state index contributed by atoms with van der Waals surface area (Å²) in [6.45, 7) is 1.90. The summed E-state index contributed by atoms with van der Waals surface area (Å²) in [5.74, 6) is -0.315. The Bertz CT molecular complexity index is 431. The van der Waals surface area contributed by atoms with E-state index >= 15 is 0 Å². The van der Waals surface area contributed by atoms with Gasteiger partial charge in [0.05, 0.1) is 20.9 Å². The lowest BCUT2D eigenvalue weighted by molar-refractivity contribution is -0.387. The minimum Gasteiger partial charge on any atom is -0.258 e. The average molecular weight is 298 g/mol. The van der Waals surface area contributed by atoms with Crippen LogP contribution in [0.15, 0.2) is 17.0 Å². The summed E-state index contributed by atoms with van der Waals surface area (Å²) >= 11 is 12.5. The number of alkyl halides is 1. The van der Waals surface area contributed by atoms with Gasteiger partial charge in [-0.25, -0.2) is 4.39 Å². The van der Waals surface area contributed by atoms with Crippen molar-refractivity contribution in [3.05, 3.63) is 33.1 Å². The van der Waals surface area contributed by atoms with Crippen LogP contribution in [0.3, 0.4) is 0 Å². The first-order valence-electron chi connectivity index (χ1n) is 4.81. The van der Waals surface area contributed by atoms with Gasteiger partial charge >= 0.3 is 0 Å². The molecule has 0 fully saturated rings. The molecule has 1 rings (SSSR count). The molecule has 1 unspecified atom stereocenters. The number of halogens is 3. The van der Waals surface area contributed by atoms with E-state index in [1.54, 1.807) is 0 Å². The Morgan fingerprint density at radius 2 is 2.24 bits per heavy atom. The van der Waals surface area contributed by atoms with E-state index in [4.69, 9.17) is 23.2 Å². The molecule has 0 bridgehead atoms. The van der Waals surface area contributed by atoms with Gasteiger partial charge < -0.3 is 0 Å². The van der Waals surface area contributed by atoms with E-state index in [9.17, 15) is 14.5 Å². The molecule has 0 aliphatic rings. The van der Waals surface area contributed by atoms with Gasteiger partial charge in [-0.15, -0.1) is 23.4 Å². The lowest BCUT2D eigenvalue weighted by Gasteiger charge is -2.10. The van der Waals surface area contributed by atoms with Crippen molar-refractivity contribution in [2.75, 3.05) is 5.88 Å². The number of hydrogen-bond donors (Lipinski definition) is 0. The third-order valence-electron chi connectivity index (χ3n) is 2.04. The van der Waals surface area contributed by atoms with Crippen LogP contribution in [0.4, 0.5) is 10.1 Å². The second kappa shape index (κ2) is 6.42. The first kappa shape index (κ1) is 14.5. The highest BCUT2D eigenvalue weighted by atomic mass is 35.5. The number of rotatable bonds is 5. The van der Waals surface area contributed by atoms with Crippen LogP contribution in [0.5, 0.6) is 0 Å². The van der Waals surface area contributed by atoms with Crippen molar-refractivity contribution in [3.63, 3.8) is 0 Å². The Kier molecular flexibility index (Phi) is 5.49. The maximum absolute atomic E-state index is 13.1. The van der Waals surface area contributed by atoms with E-state index in [0.29, 0.717) is 17.2 Å². The first-order valence-corrected chi connectivity index (χ1v) is 6.61. The van der Waals surface area contributed by atoms with Crippen LogP contribution in [-0.4, -0.2) is 16.1 Å². The molecule has 1 aromatic carbocycles. The van der Waals surface area contributed by atoms with Crippen molar-refractivity contribution in [1.82, 2.24) is 0 Å². The number of thioether (sulfide) groups is 1. The molecule has 0 amide bonds. The average Bonchev–Trinajstić information content (AvgIpc) is 2.23. The molecule has 7 heteroatoms. The molecule has 17 heavy (non-hydrogen) atoms. The molecule has 0 heterocycles. The Balaban J connectivity index is 3.04. The first-order chi connectivity index (χ1) is 7.95. The lowest BCUT2D eigenvalue weighted by atomic mass is 10.3. The number of nitrogens with zero attached hydrogens (tertiary/aromatic N) is 1. The van der Waals surface area contributed by atoms with Crippen LogP contribution in [0.2, 0.25) is 5.02 Å². The monoisotopic (exact) mass is 297 g/mol. The van der Waals surface area contributed by atoms with Gasteiger partial charge in [0.15, 0.2) is 0 Å². The Morgan fingerprint density at radius 3 is 2.76 bits per heavy atom. The number of nitro groups is 1. The molecule has 0 aromatic heterocycles. The summed E-state index contributed by atoms with van der Waals surface area (Å²) in [5, 5.41) is 10.8. The van der Waals surface area contributed by atoms with Crippen LogP contribution in [0.25, 0.3) is 0 Å². The van der Waals surface area contributed by atoms with E-state index in [1.807, 2.05) is 6.92 Å².